The van der Waals surface area contributed by atoms with E-state index in [1.165, 1.54) is 6.07 Å². The van der Waals surface area contributed by atoms with Gasteiger partial charge < -0.3 is 10.8 Å². The van der Waals surface area contributed by atoms with E-state index < -0.39 is 12.0 Å². The number of halogens is 3. The van der Waals surface area contributed by atoms with Gasteiger partial charge in [0, 0.05) is 22.5 Å². The number of hydrogen-bond donors (Lipinski definition) is 2. The zero-order chi connectivity index (χ0) is 15.6. The zero-order valence-corrected chi connectivity index (χ0v) is 13.0. The van der Waals surface area contributed by atoms with E-state index in [0.29, 0.717) is 26.7 Å². The molecule has 0 heterocycles. The van der Waals surface area contributed by atoms with Crippen molar-refractivity contribution in [2.45, 2.75) is 18.9 Å². The Morgan fingerprint density at radius 3 is 2.48 bits per heavy atom. The minimum Gasteiger partial charge on any atom is -0.388 e. The Kier molecular flexibility index (Phi) is 5.22. The minimum absolute atomic E-state index is 0.179. The fourth-order valence-corrected chi connectivity index (χ4v) is 2.80. The van der Waals surface area contributed by atoms with Crippen molar-refractivity contribution in [3.05, 3.63) is 69.0 Å². The van der Waals surface area contributed by atoms with Gasteiger partial charge in [-0.2, -0.15) is 0 Å². The summed E-state index contributed by atoms with van der Waals surface area (Å²) in [6.45, 7) is 1.85. The minimum atomic E-state index is -0.941. The number of aliphatic hydroxyl groups is 1. The highest BCUT2D eigenvalue weighted by Crippen LogP contribution is 2.35. The van der Waals surface area contributed by atoms with Gasteiger partial charge in [-0.05, 0) is 41.8 Å². The SMILES string of the molecule is Cc1ccc(C(O)C(CN)c2ccc(Cl)cc2Cl)cc1F. The van der Waals surface area contributed by atoms with E-state index in [9.17, 15) is 9.50 Å². The molecule has 3 N–H and O–H groups in total. The van der Waals surface area contributed by atoms with E-state index in [4.69, 9.17) is 28.9 Å². The second-order valence-electron chi connectivity index (χ2n) is 4.96. The van der Waals surface area contributed by atoms with Crippen LogP contribution in [-0.2, 0) is 0 Å². The summed E-state index contributed by atoms with van der Waals surface area (Å²) in [5, 5.41) is 11.4. The first-order valence-corrected chi connectivity index (χ1v) is 7.28. The number of aryl methyl sites for hydroxylation is 1. The topological polar surface area (TPSA) is 46.2 Å². The van der Waals surface area contributed by atoms with Crippen LogP contribution in [0.1, 0.15) is 28.7 Å². The molecule has 0 fully saturated rings. The van der Waals surface area contributed by atoms with E-state index in [1.807, 2.05) is 0 Å². The summed E-state index contributed by atoms with van der Waals surface area (Å²) in [7, 11) is 0. The van der Waals surface area contributed by atoms with Gasteiger partial charge in [0.25, 0.3) is 0 Å². The van der Waals surface area contributed by atoms with Crippen molar-refractivity contribution in [2.75, 3.05) is 6.54 Å². The zero-order valence-electron chi connectivity index (χ0n) is 11.5. The average Bonchev–Trinajstić information content (AvgIpc) is 2.44. The summed E-state index contributed by atoms with van der Waals surface area (Å²) in [5.41, 5.74) is 7.46. The van der Waals surface area contributed by atoms with Crippen LogP contribution in [0.4, 0.5) is 4.39 Å². The lowest BCUT2D eigenvalue weighted by molar-refractivity contribution is 0.147. The van der Waals surface area contributed by atoms with Crippen LogP contribution in [-0.4, -0.2) is 11.7 Å². The molecule has 0 amide bonds. The Labute approximate surface area is 133 Å². The molecular weight excluding hydrogens is 312 g/mol. The standard InChI is InChI=1S/C16H16Cl2FNO/c1-9-2-3-10(6-15(9)19)16(21)13(8-20)12-5-4-11(17)7-14(12)18/h2-7,13,16,21H,8,20H2,1H3. The number of hydrogen-bond acceptors (Lipinski definition) is 2. The summed E-state index contributed by atoms with van der Waals surface area (Å²) in [6.07, 6.45) is -0.941. The van der Waals surface area contributed by atoms with Crippen molar-refractivity contribution in [1.29, 1.82) is 0 Å². The first-order valence-electron chi connectivity index (χ1n) is 6.53. The van der Waals surface area contributed by atoms with Crippen molar-refractivity contribution in [3.63, 3.8) is 0 Å². The molecule has 2 rings (SSSR count). The molecule has 0 saturated carbocycles. The molecule has 0 aliphatic heterocycles. The fraction of sp³-hybridized carbons (Fsp3) is 0.250. The first-order chi connectivity index (χ1) is 9.93. The van der Waals surface area contributed by atoms with Gasteiger partial charge in [0.2, 0.25) is 0 Å². The smallest absolute Gasteiger partial charge is 0.126 e. The van der Waals surface area contributed by atoms with Gasteiger partial charge >= 0.3 is 0 Å². The fourth-order valence-electron chi connectivity index (χ4n) is 2.25. The lowest BCUT2D eigenvalue weighted by Gasteiger charge is -2.23. The van der Waals surface area contributed by atoms with Crippen molar-refractivity contribution in [1.82, 2.24) is 0 Å². The van der Waals surface area contributed by atoms with E-state index in [2.05, 4.69) is 0 Å². The third-order valence-electron chi connectivity index (χ3n) is 3.53. The Morgan fingerprint density at radius 1 is 1.19 bits per heavy atom. The molecule has 2 unspecified atom stereocenters. The molecule has 112 valence electrons. The van der Waals surface area contributed by atoms with Crippen molar-refractivity contribution >= 4 is 23.2 Å². The second kappa shape index (κ2) is 6.75. The summed E-state index contributed by atoms with van der Waals surface area (Å²) in [5.74, 6) is -0.790. The van der Waals surface area contributed by atoms with Crippen LogP contribution >= 0.6 is 23.2 Å². The molecule has 0 spiro atoms. The van der Waals surface area contributed by atoms with Crippen LogP contribution in [0.5, 0.6) is 0 Å². The molecule has 0 radical (unpaired) electrons. The van der Waals surface area contributed by atoms with Gasteiger partial charge in [0.05, 0.1) is 6.10 Å². The molecule has 2 aromatic carbocycles. The Hall–Kier alpha value is -1.13. The second-order valence-corrected chi connectivity index (χ2v) is 5.81. The van der Waals surface area contributed by atoms with E-state index in [0.717, 1.165) is 0 Å². The van der Waals surface area contributed by atoms with Gasteiger partial charge in [-0.15, -0.1) is 0 Å². The molecule has 0 aliphatic carbocycles. The predicted molar refractivity (Wildman–Crippen MR) is 84.4 cm³/mol. The maximum absolute atomic E-state index is 13.7. The van der Waals surface area contributed by atoms with Gasteiger partial charge in [-0.1, -0.05) is 41.4 Å². The number of benzene rings is 2. The monoisotopic (exact) mass is 327 g/mol. The molecular formula is C16H16Cl2FNO. The summed E-state index contributed by atoms with van der Waals surface area (Å²) < 4.78 is 13.7. The molecule has 0 saturated heterocycles. The summed E-state index contributed by atoms with van der Waals surface area (Å²) in [6, 6.07) is 9.67. The summed E-state index contributed by atoms with van der Waals surface area (Å²) >= 11 is 12.0. The lowest BCUT2D eigenvalue weighted by atomic mass is 9.89. The van der Waals surface area contributed by atoms with E-state index in [-0.39, 0.29) is 12.4 Å². The molecule has 0 aliphatic rings. The van der Waals surface area contributed by atoms with Crippen LogP contribution in [0.25, 0.3) is 0 Å². The van der Waals surface area contributed by atoms with Crippen LogP contribution in [0, 0.1) is 12.7 Å². The van der Waals surface area contributed by atoms with Crippen LogP contribution < -0.4 is 5.73 Å². The third kappa shape index (κ3) is 3.55. The maximum atomic E-state index is 13.7. The number of nitrogens with two attached hydrogens (primary N) is 1. The normalized spacial score (nSPS) is 14.0. The van der Waals surface area contributed by atoms with Gasteiger partial charge in [-0.25, -0.2) is 4.39 Å². The highest BCUT2D eigenvalue weighted by atomic mass is 35.5. The molecule has 5 heteroatoms. The van der Waals surface area contributed by atoms with Crippen molar-refractivity contribution < 1.29 is 9.50 Å². The van der Waals surface area contributed by atoms with Crippen molar-refractivity contribution in [3.8, 4) is 0 Å². The highest BCUT2D eigenvalue weighted by Gasteiger charge is 2.24. The van der Waals surface area contributed by atoms with Gasteiger partial charge in [0.15, 0.2) is 0 Å². The van der Waals surface area contributed by atoms with Gasteiger partial charge in [0.1, 0.15) is 5.82 Å². The molecule has 0 bridgehead atoms. The largest absolute Gasteiger partial charge is 0.388 e. The third-order valence-corrected chi connectivity index (χ3v) is 4.10. The Morgan fingerprint density at radius 2 is 1.90 bits per heavy atom. The van der Waals surface area contributed by atoms with E-state index >= 15 is 0 Å². The quantitative estimate of drug-likeness (QED) is 0.883. The average molecular weight is 328 g/mol. The number of aliphatic hydroxyl groups excluding tert-OH is 1. The first kappa shape index (κ1) is 16.2. The van der Waals surface area contributed by atoms with Crippen LogP contribution in [0.2, 0.25) is 10.0 Å². The molecule has 21 heavy (non-hydrogen) atoms. The van der Waals surface area contributed by atoms with Crippen molar-refractivity contribution in [2.24, 2.45) is 5.73 Å². The van der Waals surface area contributed by atoms with Crippen LogP contribution in [0.3, 0.4) is 0 Å². The van der Waals surface area contributed by atoms with E-state index in [1.54, 1.807) is 37.3 Å². The maximum Gasteiger partial charge on any atom is 0.126 e. The van der Waals surface area contributed by atoms with Crippen LogP contribution in [0.15, 0.2) is 36.4 Å². The summed E-state index contributed by atoms with van der Waals surface area (Å²) in [4.78, 5) is 0. The van der Waals surface area contributed by atoms with Gasteiger partial charge in [-0.3, -0.25) is 0 Å². The highest BCUT2D eigenvalue weighted by molar-refractivity contribution is 6.35. The molecule has 2 nitrogen and oxygen atoms in total. The number of rotatable bonds is 4. The molecule has 2 atom stereocenters. The Balaban J connectivity index is 2.37. The lowest BCUT2D eigenvalue weighted by Crippen LogP contribution is -2.20. The Bertz CT molecular complexity index is 648. The molecule has 0 aromatic heterocycles. The molecule has 2 aromatic rings. The predicted octanol–water partition coefficient (Wildman–Crippen LogP) is 4.22.